The molecule has 0 atom stereocenters. The van der Waals surface area contributed by atoms with Gasteiger partial charge in [-0.3, -0.25) is 4.98 Å². The summed E-state index contributed by atoms with van der Waals surface area (Å²) in [5, 5.41) is 7.38. The molecule has 0 aliphatic heterocycles. The van der Waals surface area contributed by atoms with E-state index < -0.39 is 0 Å². The Kier molecular flexibility index (Phi) is 5.19. The summed E-state index contributed by atoms with van der Waals surface area (Å²) in [5.41, 5.74) is 6.22. The van der Waals surface area contributed by atoms with Crippen LogP contribution in [0.2, 0.25) is 5.02 Å². The van der Waals surface area contributed by atoms with E-state index in [4.69, 9.17) is 11.6 Å². The number of carbonyl (C=O) groups excluding carboxylic acids is 1. The van der Waals surface area contributed by atoms with E-state index >= 15 is 0 Å². The second-order valence-electron chi connectivity index (χ2n) is 6.97. The molecule has 144 valence electrons. The Bertz CT molecular complexity index is 1210. The van der Waals surface area contributed by atoms with Crippen molar-refractivity contribution in [3.05, 3.63) is 89.1 Å². The predicted octanol–water partition coefficient (Wildman–Crippen LogP) is 6.82. The molecule has 0 unspecified atom stereocenters. The second kappa shape index (κ2) is 7.94. The summed E-state index contributed by atoms with van der Waals surface area (Å²) in [4.78, 5) is 17.2. The molecule has 3 aromatic carbocycles. The molecule has 4 nitrogen and oxygen atoms in total. The molecule has 0 radical (unpaired) electrons. The van der Waals surface area contributed by atoms with Crippen LogP contribution in [0.3, 0.4) is 0 Å². The van der Waals surface area contributed by atoms with Crippen LogP contribution in [-0.4, -0.2) is 11.0 Å². The van der Waals surface area contributed by atoms with Gasteiger partial charge in [-0.05, 0) is 49.2 Å². The maximum absolute atomic E-state index is 12.7. The maximum atomic E-state index is 12.7. The Morgan fingerprint density at radius 1 is 0.897 bits per heavy atom. The van der Waals surface area contributed by atoms with Gasteiger partial charge in [0, 0.05) is 21.7 Å². The summed E-state index contributed by atoms with van der Waals surface area (Å²) < 4.78 is 0. The first-order valence-corrected chi connectivity index (χ1v) is 9.68. The number of aromatic nitrogens is 1. The van der Waals surface area contributed by atoms with Crippen molar-refractivity contribution in [3.63, 3.8) is 0 Å². The number of aryl methyl sites for hydroxylation is 2. The van der Waals surface area contributed by atoms with Gasteiger partial charge in [0.05, 0.1) is 17.4 Å². The zero-order valence-electron chi connectivity index (χ0n) is 16.2. The lowest BCUT2D eigenvalue weighted by atomic mass is 9.99. The summed E-state index contributed by atoms with van der Waals surface area (Å²) in [6.45, 7) is 3.99. The predicted molar refractivity (Wildman–Crippen MR) is 121 cm³/mol. The van der Waals surface area contributed by atoms with E-state index in [0.29, 0.717) is 10.7 Å². The number of amides is 2. The highest BCUT2D eigenvalue weighted by Gasteiger charge is 2.14. The normalized spacial score (nSPS) is 10.7. The van der Waals surface area contributed by atoms with Crippen LogP contribution in [0.25, 0.3) is 22.0 Å². The first-order valence-electron chi connectivity index (χ1n) is 9.30. The van der Waals surface area contributed by atoms with Crippen molar-refractivity contribution in [3.8, 4) is 11.1 Å². The molecule has 2 N–H and O–H groups in total. The highest BCUT2D eigenvalue weighted by Crippen LogP contribution is 2.35. The average molecular weight is 402 g/mol. The SMILES string of the molecule is Cc1ccc(NC(=O)Nc2cnc3ccc(Cl)cc3c2-c2ccccc2)c(C)c1. The minimum atomic E-state index is -0.322. The number of fused-ring (bicyclic) bond motifs is 1. The fourth-order valence-electron chi connectivity index (χ4n) is 3.41. The Morgan fingerprint density at radius 3 is 2.41 bits per heavy atom. The van der Waals surface area contributed by atoms with Gasteiger partial charge in [-0.2, -0.15) is 0 Å². The third-order valence-corrected chi connectivity index (χ3v) is 5.01. The van der Waals surface area contributed by atoms with Crippen molar-refractivity contribution >= 4 is 39.9 Å². The fourth-order valence-corrected chi connectivity index (χ4v) is 3.58. The van der Waals surface area contributed by atoms with Crippen molar-refractivity contribution in [2.24, 2.45) is 0 Å². The third-order valence-electron chi connectivity index (χ3n) is 4.77. The van der Waals surface area contributed by atoms with Gasteiger partial charge in [0.25, 0.3) is 0 Å². The van der Waals surface area contributed by atoms with Gasteiger partial charge in [-0.15, -0.1) is 0 Å². The Hall–Kier alpha value is -3.37. The van der Waals surface area contributed by atoms with Gasteiger partial charge >= 0.3 is 6.03 Å². The molecule has 0 saturated heterocycles. The van der Waals surface area contributed by atoms with Gasteiger partial charge in [-0.1, -0.05) is 59.6 Å². The molecule has 29 heavy (non-hydrogen) atoms. The van der Waals surface area contributed by atoms with Crippen molar-refractivity contribution < 1.29 is 4.79 Å². The highest BCUT2D eigenvalue weighted by molar-refractivity contribution is 6.31. The van der Waals surface area contributed by atoms with Crippen LogP contribution in [0.15, 0.2) is 72.9 Å². The minimum Gasteiger partial charge on any atom is -0.307 e. The van der Waals surface area contributed by atoms with E-state index in [1.54, 1.807) is 6.20 Å². The molecule has 0 spiro atoms. The van der Waals surface area contributed by atoms with Crippen LogP contribution in [0.1, 0.15) is 11.1 Å². The minimum absolute atomic E-state index is 0.322. The van der Waals surface area contributed by atoms with Crippen molar-refractivity contribution in [2.45, 2.75) is 13.8 Å². The van der Waals surface area contributed by atoms with Crippen LogP contribution in [0.5, 0.6) is 0 Å². The first kappa shape index (κ1) is 19.0. The molecule has 0 saturated carbocycles. The van der Waals surface area contributed by atoms with E-state index in [0.717, 1.165) is 38.8 Å². The first-order chi connectivity index (χ1) is 14.0. The maximum Gasteiger partial charge on any atom is 0.323 e. The number of urea groups is 1. The van der Waals surface area contributed by atoms with Gasteiger partial charge < -0.3 is 10.6 Å². The summed E-state index contributed by atoms with van der Waals surface area (Å²) in [6.07, 6.45) is 1.68. The quantitative estimate of drug-likeness (QED) is 0.396. The van der Waals surface area contributed by atoms with Crippen LogP contribution in [-0.2, 0) is 0 Å². The number of nitrogens with one attached hydrogen (secondary N) is 2. The number of anilines is 2. The Morgan fingerprint density at radius 2 is 1.66 bits per heavy atom. The monoisotopic (exact) mass is 401 g/mol. The zero-order valence-corrected chi connectivity index (χ0v) is 16.9. The smallest absolute Gasteiger partial charge is 0.307 e. The summed E-state index contributed by atoms with van der Waals surface area (Å²) >= 11 is 6.25. The molecule has 5 heteroatoms. The largest absolute Gasteiger partial charge is 0.323 e. The molecule has 0 bridgehead atoms. The van der Waals surface area contributed by atoms with Crippen LogP contribution < -0.4 is 10.6 Å². The molecular formula is C24H20ClN3O. The molecular weight excluding hydrogens is 382 g/mol. The Balaban J connectivity index is 1.74. The van der Waals surface area contributed by atoms with Crippen molar-refractivity contribution in [2.75, 3.05) is 10.6 Å². The molecule has 4 rings (SSSR count). The lowest BCUT2D eigenvalue weighted by molar-refractivity contribution is 0.262. The third kappa shape index (κ3) is 4.08. The van der Waals surface area contributed by atoms with Gasteiger partial charge in [0.2, 0.25) is 0 Å². The van der Waals surface area contributed by atoms with Crippen LogP contribution in [0, 0.1) is 13.8 Å². The number of halogens is 1. The highest BCUT2D eigenvalue weighted by atomic mass is 35.5. The van der Waals surface area contributed by atoms with Crippen molar-refractivity contribution in [1.29, 1.82) is 0 Å². The summed E-state index contributed by atoms with van der Waals surface area (Å²) in [5.74, 6) is 0. The van der Waals surface area contributed by atoms with Crippen molar-refractivity contribution in [1.82, 2.24) is 4.98 Å². The van der Waals surface area contributed by atoms with E-state index in [9.17, 15) is 4.79 Å². The number of pyridine rings is 1. The average Bonchev–Trinajstić information content (AvgIpc) is 2.70. The molecule has 0 aliphatic carbocycles. The standard InChI is InChI=1S/C24H20ClN3O/c1-15-8-10-20(16(2)12-15)27-24(29)28-22-14-26-21-11-9-18(25)13-19(21)23(22)17-6-4-3-5-7-17/h3-14H,1-2H3,(H2,27,28,29). The molecule has 4 aromatic rings. The number of carbonyl (C=O) groups is 1. The second-order valence-corrected chi connectivity index (χ2v) is 7.41. The van der Waals surface area contributed by atoms with E-state index in [1.807, 2.05) is 80.6 Å². The number of hydrogen-bond acceptors (Lipinski definition) is 2. The lowest BCUT2D eigenvalue weighted by Crippen LogP contribution is -2.20. The van der Waals surface area contributed by atoms with Gasteiger partial charge in [0.1, 0.15) is 0 Å². The summed E-state index contributed by atoms with van der Waals surface area (Å²) in [7, 11) is 0. The summed E-state index contributed by atoms with van der Waals surface area (Å²) in [6, 6.07) is 21.0. The molecule has 1 aromatic heterocycles. The number of nitrogens with zero attached hydrogens (tertiary/aromatic N) is 1. The van der Waals surface area contributed by atoms with E-state index in [2.05, 4.69) is 15.6 Å². The van der Waals surface area contributed by atoms with E-state index in [-0.39, 0.29) is 6.03 Å². The fraction of sp³-hybridized carbons (Fsp3) is 0.0833. The molecule has 0 fully saturated rings. The number of hydrogen-bond donors (Lipinski definition) is 2. The number of benzene rings is 3. The van der Waals surface area contributed by atoms with Gasteiger partial charge in [-0.25, -0.2) is 4.79 Å². The molecule has 0 aliphatic rings. The Labute approximate surface area is 174 Å². The zero-order chi connectivity index (χ0) is 20.4. The van der Waals surface area contributed by atoms with Crippen LogP contribution in [0.4, 0.5) is 16.2 Å². The molecule has 2 amide bonds. The number of rotatable bonds is 3. The lowest BCUT2D eigenvalue weighted by Gasteiger charge is -2.15. The van der Waals surface area contributed by atoms with E-state index in [1.165, 1.54) is 0 Å². The van der Waals surface area contributed by atoms with Gasteiger partial charge in [0.15, 0.2) is 0 Å². The topological polar surface area (TPSA) is 54.0 Å². The van der Waals surface area contributed by atoms with Crippen LogP contribution >= 0.6 is 11.6 Å². The molecule has 1 heterocycles.